The van der Waals surface area contributed by atoms with Gasteiger partial charge in [0.1, 0.15) is 0 Å². The summed E-state index contributed by atoms with van der Waals surface area (Å²) in [6.07, 6.45) is 3.54. The molecule has 82 valence electrons. The fourth-order valence-electron chi connectivity index (χ4n) is 1.54. The Morgan fingerprint density at radius 3 is 2.71 bits per heavy atom. The number of carbonyl (C=O) groups excluding carboxylic acids is 1. The van der Waals surface area contributed by atoms with Crippen LogP contribution in [0.2, 0.25) is 0 Å². The molecule has 1 saturated heterocycles. The molecule has 1 amide bonds. The highest BCUT2D eigenvalue weighted by Gasteiger charge is 2.24. The molecule has 1 fully saturated rings. The van der Waals surface area contributed by atoms with Crippen LogP contribution in [0.15, 0.2) is 0 Å². The Kier molecular flexibility index (Phi) is 3.93. The van der Waals surface area contributed by atoms with Crippen molar-refractivity contribution >= 4 is 5.91 Å². The molecule has 0 spiro atoms. The second-order valence-electron chi connectivity index (χ2n) is 5.12. The van der Waals surface area contributed by atoms with E-state index in [4.69, 9.17) is 0 Å². The van der Waals surface area contributed by atoms with Gasteiger partial charge in [0.15, 0.2) is 0 Å². The summed E-state index contributed by atoms with van der Waals surface area (Å²) < 4.78 is 0. The zero-order valence-corrected chi connectivity index (χ0v) is 9.52. The molecule has 2 N–H and O–H groups in total. The summed E-state index contributed by atoms with van der Waals surface area (Å²) in [6, 6.07) is 0.323. The van der Waals surface area contributed by atoms with Gasteiger partial charge in [0, 0.05) is 18.0 Å². The van der Waals surface area contributed by atoms with E-state index in [1.54, 1.807) is 0 Å². The second-order valence-corrected chi connectivity index (χ2v) is 5.12. The minimum absolute atomic E-state index is 0.159. The number of hydrogen-bond acceptors (Lipinski definition) is 2. The fraction of sp³-hybridized carbons (Fsp3) is 0.909. The molecular weight excluding hydrogens is 176 g/mol. The van der Waals surface area contributed by atoms with Crippen molar-refractivity contribution in [1.29, 1.82) is 0 Å². The van der Waals surface area contributed by atoms with Crippen LogP contribution in [0, 0.1) is 5.41 Å². The van der Waals surface area contributed by atoms with Gasteiger partial charge in [0.25, 0.3) is 0 Å². The molecule has 1 unspecified atom stereocenters. The smallest absolute Gasteiger partial charge is 0.225 e. The largest absolute Gasteiger partial charge is 0.352 e. The third kappa shape index (κ3) is 3.66. The van der Waals surface area contributed by atoms with E-state index < -0.39 is 0 Å². The summed E-state index contributed by atoms with van der Waals surface area (Å²) in [5.74, 6) is 0.159. The van der Waals surface area contributed by atoms with E-state index in [9.17, 15) is 4.79 Å². The van der Waals surface area contributed by atoms with Crippen molar-refractivity contribution in [3.05, 3.63) is 0 Å². The molecule has 14 heavy (non-hydrogen) atoms. The van der Waals surface area contributed by atoms with Crippen LogP contribution >= 0.6 is 0 Å². The van der Waals surface area contributed by atoms with Crippen molar-refractivity contribution in [3.63, 3.8) is 0 Å². The Balaban J connectivity index is 2.38. The molecule has 1 heterocycles. The van der Waals surface area contributed by atoms with E-state index in [2.05, 4.69) is 10.6 Å². The van der Waals surface area contributed by atoms with Crippen LogP contribution in [0.4, 0.5) is 0 Å². The van der Waals surface area contributed by atoms with Gasteiger partial charge in [-0.2, -0.15) is 0 Å². The van der Waals surface area contributed by atoms with Gasteiger partial charge in [-0.3, -0.25) is 4.79 Å². The summed E-state index contributed by atoms with van der Waals surface area (Å²) >= 11 is 0. The van der Waals surface area contributed by atoms with Crippen molar-refractivity contribution < 1.29 is 4.79 Å². The lowest BCUT2D eigenvalue weighted by Gasteiger charge is -2.23. The normalized spacial score (nSPS) is 24.1. The Bertz CT molecular complexity index is 188. The predicted octanol–water partition coefficient (Wildman–Crippen LogP) is 1.29. The van der Waals surface area contributed by atoms with Gasteiger partial charge in [0.2, 0.25) is 5.91 Å². The maximum absolute atomic E-state index is 11.7. The summed E-state index contributed by atoms with van der Waals surface area (Å²) in [5.41, 5.74) is -0.272. The van der Waals surface area contributed by atoms with Crippen molar-refractivity contribution in [3.8, 4) is 0 Å². The Morgan fingerprint density at radius 1 is 1.36 bits per heavy atom. The first-order chi connectivity index (χ1) is 6.50. The zero-order chi connectivity index (χ0) is 10.6. The second kappa shape index (κ2) is 4.78. The molecule has 3 nitrogen and oxygen atoms in total. The van der Waals surface area contributed by atoms with Crippen molar-refractivity contribution in [1.82, 2.24) is 10.6 Å². The van der Waals surface area contributed by atoms with Gasteiger partial charge in [-0.25, -0.2) is 0 Å². The molecule has 0 radical (unpaired) electrons. The molecule has 3 heteroatoms. The monoisotopic (exact) mass is 198 g/mol. The van der Waals surface area contributed by atoms with Crippen LogP contribution < -0.4 is 10.6 Å². The van der Waals surface area contributed by atoms with Crippen LogP contribution in [0.25, 0.3) is 0 Å². The van der Waals surface area contributed by atoms with E-state index in [1.165, 1.54) is 12.8 Å². The van der Waals surface area contributed by atoms with E-state index in [0.717, 1.165) is 19.5 Å². The predicted molar refractivity (Wildman–Crippen MR) is 58.1 cm³/mol. The molecule has 0 aromatic carbocycles. The molecular formula is C11H22N2O. The first-order valence-corrected chi connectivity index (χ1v) is 5.52. The molecule has 1 atom stereocenters. The third-order valence-electron chi connectivity index (χ3n) is 2.56. The fourth-order valence-corrected chi connectivity index (χ4v) is 1.54. The molecule has 1 aliphatic heterocycles. The van der Waals surface area contributed by atoms with Gasteiger partial charge < -0.3 is 10.6 Å². The standard InChI is InChI=1S/C11H22N2O/c1-11(2,3)10(14)13-9-6-4-5-7-12-8-9/h9,12H,4-8H2,1-3H3,(H,13,14). The third-order valence-corrected chi connectivity index (χ3v) is 2.56. The van der Waals surface area contributed by atoms with Gasteiger partial charge in [-0.05, 0) is 19.4 Å². The highest BCUT2D eigenvalue weighted by Crippen LogP contribution is 2.14. The Hall–Kier alpha value is -0.570. The minimum Gasteiger partial charge on any atom is -0.352 e. The minimum atomic E-state index is -0.272. The average Bonchev–Trinajstić information content (AvgIpc) is 2.31. The van der Waals surface area contributed by atoms with E-state index in [1.807, 2.05) is 20.8 Å². The lowest BCUT2D eigenvalue weighted by molar-refractivity contribution is -0.129. The molecule has 1 rings (SSSR count). The summed E-state index contributed by atoms with van der Waals surface area (Å²) in [5, 5.41) is 6.44. The van der Waals surface area contributed by atoms with Crippen LogP contribution in [0.3, 0.4) is 0 Å². The Morgan fingerprint density at radius 2 is 2.07 bits per heavy atom. The van der Waals surface area contributed by atoms with E-state index in [-0.39, 0.29) is 11.3 Å². The van der Waals surface area contributed by atoms with Gasteiger partial charge in [0.05, 0.1) is 0 Å². The van der Waals surface area contributed by atoms with Gasteiger partial charge >= 0.3 is 0 Å². The van der Waals surface area contributed by atoms with Crippen molar-refractivity contribution in [2.75, 3.05) is 13.1 Å². The summed E-state index contributed by atoms with van der Waals surface area (Å²) in [4.78, 5) is 11.7. The summed E-state index contributed by atoms with van der Waals surface area (Å²) in [7, 11) is 0. The van der Waals surface area contributed by atoms with E-state index in [0.29, 0.717) is 6.04 Å². The van der Waals surface area contributed by atoms with E-state index >= 15 is 0 Å². The highest BCUT2D eigenvalue weighted by atomic mass is 16.2. The number of carbonyl (C=O) groups is 1. The first-order valence-electron chi connectivity index (χ1n) is 5.52. The topological polar surface area (TPSA) is 41.1 Å². The average molecular weight is 198 g/mol. The number of amides is 1. The van der Waals surface area contributed by atoms with Crippen LogP contribution in [-0.2, 0) is 4.79 Å². The maximum Gasteiger partial charge on any atom is 0.225 e. The molecule has 0 aromatic rings. The number of rotatable bonds is 1. The molecule has 0 aromatic heterocycles. The lowest BCUT2D eigenvalue weighted by atomic mass is 9.95. The molecule has 0 saturated carbocycles. The first kappa shape index (κ1) is 11.5. The lowest BCUT2D eigenvalue weighted by Crippen LogP contribution is -2.45. The maximum atomic E-state index is 11.7. The molecule has 0 aliphatic carbocycles. The quantitative estimate of drug-likeness (QED) is 0.666. The van der Waals surface area contributed by atoms with Crippen LogP contribution in [0.1, 0.15) is 40.0 Å². The highest BCUT2D eigenvalue weighted by molar-refractivity contribution is 5.81. The number of nitrogens with one attached hydrogen (secondary N) is 2. The number of hydrogen-bond donors (Lipinski definition) is 2. The SMILES string of the molecule is CC(C)(C)C(=O)NC1CCCCNC1. The molecule has 0 bridgehead atoms. The van der Waals surface area contributed by atoms with Crippen LogP contribution in [-0.4, -0.2) is 25.0 Å². The van der Waals surface area contributed by atoms with Gasteiger partial charge in [-0.1, -0.05) is 27.2 Å². The van der Waals surface area contributed by atoms with Crippen molar-refractivity contribution in [2.24, 2.45) is 5.41 Å². The summed E-state index contributed by atoms with van der Waals surface area (Å²) in [6.45, 7) is 7.86. The van der Waals surface area contributed by atoms with Crippen molar-refractivity contribution in [2.45, 2.75) is 46.1 Å². The zero-order valence-electron chi connectivity index (χ0n) is 9.52. The van der Waals surface area contributed by atoms with Crippen LogP contribution in [0.5, 0.6) is 0 Å². The van der Waals surface area contributed by atoms with Gasteiger partial charge in [-0.15, -0.1) is 0 Å². The Labute approximate surface area is 86.6 Å². The molecule has 1 aliphatic rings.